The Labute approximate surface area is 205 Å². The molecule has 182 valence electrons. The van der Waals surface area contributed by atoms with Crippen LogP contribution in [0.2, 0.25) is 0 Å². The second-order valence-corrected chi connectivity index (χ2v) is 8.43. The molecule has 2 aromatic carbocycles. The van der Waals surface area contributed by atoms with Gasteiger partial charge in [-0.05, 0) is 36.8 Å². The summed E-state index contributed by atoms with van der Waals surface area (Å²) in [4.78, 5) is 37.8. The minimum atomic E-state index is -0.637. The Morgan fingerprint density at radius 2 is 1.89 bits per heavy atom. The van der Waals surface area contributed by atoms with E-state index in [1.54, 1.807) is 42.7 Å². The third kappa shape index (κ3) is 4.78. The van der Waals surface area contributed by atoms with Crippen molar-refractivity contribution in [2.24, 2.45) is 5.10 Å². The molecule has 36 heavy (non-hydrogen) atoms. The number of amides is 1. The topological polar surface area (TPSA) is 120 Å². The first kappa shape index (κ1) is 23.2. The third-order valence-corrected chi connectivity index (χ3v) is 5.94. The van der Waals surface area contributed by atoms with Gasteiger partial charge in [0, 0.05) is 6.42 Å². The number of carbonyl (C=O) groups excluding carboxylic acids is 2. The van der Waals surface area contributed by atoms with Crippen molar-refractivity contribution in [3.05, 3.63) is 94.2 Å². The molecule has 0 bridgehead atoms. The monoisotopic (exact) mass is 485 g/mol. The highest BCUT2D eigenvalue weighted by Gasteiger charge is 2.35. The fourth-order valence-corrected chi connectivity index (χ4v) is 4.01. The van der Waals surface area contributed by atoms with Crippen molar-refractivity contribution >= 4 is 28.5 Å². The molecule has 10 nitrogen and oxygen atoms in total. The van der Waals surface area contributed by atoms with Gasteiger partial charge >= 0.3 is 5.97 Å². The molecule has 0 radical (unpaired) electrons. The van der Waals surface area contributed by atoms with E-state index in [4.69, 9.17) is 9.15 Å². The van der Waals surface area contributed by atoms with E-state index in [1.807, 2.05) is 31.2 Å². The molecule has 0 N–H and O–H groups in total. The van der Waals surface area contributed by atoms with Crippen LogP contribution in [0.25, 0.3) is 10.9 Å². The number of rotatable bonds is 7. The summed E-state index contributed by atoms with van der Waals surface area (Å²) in [7, 11) is 0. The van der Waals surface area contributed by atoms with Gasteiger partial charge in [-0.15, -0.1) is 5.10 Å². The first-order valence-corrected chi connectivity index (χ1v) is 11.5. The predicted octanol–water partition coefficient (Wildman–Crippen LogP) is 3.00. The highest BCUT2D eigenvalue weighted by Crippen LogP contribution is 2.33. The summed E-state index contributed by atoms with van der Waals surface area (Å²) in [6.07, 6.45) is 1.87. The molecule has 0 saturated heterocycles. The summed E-state index contributed by atoms with van der Waals surface area (Å²) in [5.41, 5.74) is 2.91. The van der Waals surface area contributed by atoms with E-state index in [0.717, 1.165) is 21.5 Å². The fourth-order valence-electron chi connectivity index (χ4n) is 4.01. The molecule has 1 unspecified atom stereocenters. The van der Waals surface area contributed by atoms with E-state index in [0.29, 0.717) is 23.1 Å². The maximum atomic E-state index is 13.0. The molecule has 1 aliphatic rings. The molecule has 10 heteroatoms. The molecule has 2 aromatic heterocycles. The van der Waals surface area contributed by atoms with Gasteiger partial charge in [-0.25, -0.2) is 9.69 Å². The van der Waals surface area contributed by atoms with Crippen molar-refractivity contribution in [3.8, 4) is 0 Å². The number of ether oxygens (including phenoxy) is 1. The molecular formula is C26H23N5O5. The number of hydrogen-bond acceptors (Lipinski definition) is 8. The summed E-state index contributed by atoms with van der Waals surface area (Å²) < 4.78 is 11.8. The van der Waals surface area contributed by atoms with Crippen LogP contribution >= 0.6 is 0 Å². The van der Waals surface area contributed by atoms with Gasteiger partial charge in [-0.1, -0.05) is 47.2 Å². The van der Waals surface area contributed by atoms with Crippen LogP contribution in [0.4, 0.5) is 0 Å². The van der Waals surface area contributed by atoms with E-state index in [2.05, 4.69) is 15.4 Å². The number of hydrogen-bond donors (Lipinski definition) is 0. The summed E-state index contributed by atoms with van der Waals surface area (Å²) in [6, 6.07) is 17.8. The van der Waals surface area contributed by atoms with Gasteiger partial charge in [0.1, 0.15) is 17.3 Å². The second kappa shape index (κ2) is 9.95. The zero-order chi connectivity index (χ0) is 25.1. The lowest BCUT2D eigenvalue weighted by Gasteiger charge is -2.19. The van der Waals surface area contributed by atoms with Crippen LogP contribution in [0.5, 0.6) is 0 Å². The van der Waals surface area contributed by atoms with Gasteiger partial charge in [-0.2, -0.15) is 5.10 Å². The van der Waals surface area contributed by atoms with Gasteiger partial charge in [0.05, 0.1) is 30.3 Å². The maximum absolute atomic E-state index is 13.0. The van der Waals surface area contributed by atoms with Crippen LogP contribution < -0.4 is 5.56 Å². The number of nitrogens with zero attached hydrogens (tertiary/aromatic N) is 5. The summed E-state index contributed by atoms with van der Waals surface area (Å²) >= 11 is 0. The van der Waals surface area contributed by atoms with Gasteiger partial charge in [0.15, 0.2) is 6.61 Å². The van der Waals surface area contributed by atoms with Gasteiger partial charge < -0.3 is 9.15 Å². The maximum Gasteiger partial charge on any atom is 0.308 e. The van der Waals surface area contributed by atoms with Crippen LogP contribution in [0.3, 0.4) is 0 Å². The van der Waals surface area contributed by atoms with Crippen LogP contribution in [0.1, 0.15) is 35.8 Å². The molecule has 0 spiro atoms. The quantitative estimate of drug-likeness (QED) is 0.369. The lowest BCUT2D eigenvalue weighted by Crippen LogP contribution is -2.31. The fraction of sp³-hybridized carbons (Fsp3) is 0.231. The van der Waals surface area contributed by atoms with Gasteiger partial charge in [0.2, 0.25) is 0 Å². The molecule has 0 saturated carbocycles. The van der Waals surface area contributed by atoms with Crippen molar-refractivity contribution in [2.45, 2.75) is 32.4 Å². The molecule has 1 atom stereocenters. The predicted molar refractivity (Wildman–Crippen MR) is 130 cm³/mol. The van der Waals surface area contributed by atoms with Crippen molar-refractivity contribution < 1.29 is 18.7 Å². The van der Waals surface area contributed by atoms with Crippen molar-refractivity contribution in [1.29, 1.82) is 0 Å². The molecule has 0 fully saturated rings. The molecule has 3 heterocycles. The van der Waals surface area contributed by atoms with Crippen LogP contribution in [-0.2, 0) is 20.9 Å². The van der Waals surface area contributed by atoms with E-state index < -0.39 is 24.5 Å². The number of furan rings is 1. The van der Waals surface area contributed by atoms with E-state index in [1.165, 1.54) is 5.01 Å². The number of aromatic nitrogens is 3. The lowest BCUT2D eigenvalue weighted by molar-refractivity contribution is -0.153. The van der Waals surface area contributed by atoms with Crippen molar-refractivity contribution in [2.75, 3.05) is 6.61 Å². The van der Waals surface area contributed by atoms with E-state index in [-0.39, 0.29) is 18.5 Å². The second-order valence-electron chi connectivity index (χ2n) is 8.43. The van der Waals surface area contributed by atoms with Crippen LogP contribution in [0, 0.1) is 6.92 Å². The first-order chi connectivity index (χ1) is 17.5. The normalized spacial score (nSPS) is 15.2. The summed E-state index contributed by atoms with van der Waals surface area (Å²) in [5.74, 6) is -0.522. The van der Waals surface area contributed by atoms with Gasteiger partial charge in [0.25, 0.3) is 11.5 Å². The van der Waals surface area contributed by atoms with Crippen molar-refractivity contribution in [3.63, 3.8) is 0 Å². The third-order valence-electron chi connectivity index (χ3n) is 5.94. The number of benzene rings is 2. The molecule has 1 amide bonds. The standard InChI is InChI=1S/C26H23N5O5/c1-17-8-10-18(11-9-17)21-15-22(23-7-4-14-35-23)31(28-21)24(32)16-36-25(33)12-13-30-26(34)19-5-2-3-6-20(19)27-29-30/h2-11,14,22H,12-13,15-16H2,1H3. The first-order valence-electron chi connectivity index (χ1n) is 11.5. The smallest absolute Gasteiger partial charge is 0.308 e. The average molecular weight is 486 g/mol. The Balaban J connectivity index is 1.23. The van der Waals surface area contributed by atoms with E-state index in [9.17, 15) is 14.4 Å². The Bertz CT molecular complexity index is 1490. The number of fused-ring (bicyclic) bond motifs is 1. The lowest BCUT2D eigenvalue weighted by atomic mass is 10.0. The highest BCUT2D eigenvalue weighted by atomic mass is 16.5. The highest BCUT2D eigenvalue weighted by molar-refractivity contribution is 6.03. The Morgan fingerprint density at radius 3 is 2.67 bits per heavy atom. The molecule has 5 rings (SSSR count). The number of hydrazone groups is 1. The largest absolute Gasteiger partial charge is 0.467 e. The average Bonchev–Trinajstić information content (AvgIpc) is 3.58. The summed E-state index contributed by atoms with van der Waals surface area (Å²) in [5, 5.41) is 14.1. The molecular weight excluding hydrogens is 462 g/mol. The molecule has 4 aromatic rings. The van der Waals surface area contributed by atoms with Crippen LogP contribution in [0.15, 0.2) is 81.2 Å². The SMILES string of the molecule is Cc1ccc(C2=NN(C(=O)COC(=O)CCn3nnc4ccccc4c3=O)C(c3ccco3)C2)cc1. The van der Waals surface area contributed by atoms with Gasteiger partial charge in [-0.3, -0.25) is 14.4 Å². The number of carbonyl (C=O) groups is 2. The van der Waals surface area contributed by atoms with Crippen molar-refractivity contribution in [1.82, 2.24) is 20.0 Å². The Hall–Kier alpha value is -4.60. The minimum Gasteiger partial charge on any atom is -0.467 e. The summed E-state index contributed by atoms with van der Waals surface area (Å²) in [6.45, 7) is 1.50. The minimum absolute atomic E-state index is 0.0157. The Morgan fingerprint density at radius 1 is 1.08 bits per heavy atom. The van der Waals surface area contributed by atoms with E-state index >= 15 is 0 Å². The zero-order valence-corrected chi connectivity index (χ0v) is 19.5. The number of aryl methyl sites for hydroxylation is 2. The Kier molecular flexibility index (Phi) is 6.40. The molecule has 1 aliphatic heterocycles. The zero-order valence-electron chi connectivity index (χ0n) is 19.5. The molecule has 0 aliphatic carbocycles. The number of esters is 1. The van der Waals surface area contributed by atoms with Crippen LogP contribution in [-0.4, -0.2) is 44.2 Å².